The zero-order valence-corrected chi connectivity index (χ0v) is 15.5. The van der Waals surface area contributed by atoms with Gasteiger partial charge in [0.05, 0.1) is 6.61 Å². The van der Waals surface area contributed by atoms with Crippen LogP contribution < -0.4 is 15.3 Å². The smallest absolute Gasteiger partial charge is 0.349 e. The van der Waals surface area contributed by atoms with Crippen LogP contribution in [0.4, 0.5) is 5.69 Å². The molecule has 1 aliphatic rings. The molecule has 2 heterocycles. The average Bonchev–Trinajstić information content (AvgIpc) is 2.68. The number of nitrogens with zero attached hydrogens (tertiary/aromatic N) is 1. The highest BCUT2D eigenvalue weighted by Crippen LogP contribution is 2.31. The molecule has 0 unspecified atom stereocenters. The van der Waals surface area contributed by atoms with Gasteiger partial charge < -0.3 is 14.1 Å². The second kappa shape index (κ2) is 6.91. The molecule has 138 valence electrons. The van der Waals surface area contributed by atoms with E-state index >= 15 is 0 Å². The van der Waals surface area contributed by atoms with E-state index in [1.54, 1.807) is 17.0 Å². The van der Waals surface area contributed by atoms with Crippen molar-refractivity contribution < 1.29 is 13.9 Å². The van der Waals surface area contributed by atoms with Gasteiger partial charge in [0, 0.05) is 17.6 Å². The van der Waals surface area contributed by atoms with E-state index in [2.05, 4.69) is 0 Å². The number of ether oxygens (including phenoxy) is 1. The summed E-state index contributed by atoms with van der Waals surface area (Å²) in [5.41, 5.74) is 2.99. The van der Waals surface area contributed by atoms with Crippen molar-refractivity contribution in [3.8, 4) is 5.75 Å². The Kier molecular flexibility index (Phi) is 4.44. The van der Waals surface area contributed by atoms with E-state index in [0.717, 1.165) is 24.1 Å². The van der Waals surface area contributed by atoms with Crippen molar-refractivity contribution in [1.29, 1.82) is 0 Å². The molecule has 1 aliphatic heterocycles. The van der Waals surface area contributed by atoms with Crippen molar-refractivity contribution in [2.45, 2.75) is 26.7 Å². The number of hydrogen-bond acceptors (Lipinski definition) is 4. The maximum Gasteiger partial charge on any atom is 0.349 e. The molecule has 0 bridgehead atoms. The fourth-order valence-corrected chi connectivity index (χ4v) is 3.69. The topological polar surface area (TPSA) is 59.8 Å². The summed E-state index contributed by atoms with van der Waals surface area (Å²) in [5.74, 6) is 0.184. The predicted molar refractivity (Wildman–Crippen MR) is 105 cm³/mol. The molecular weight excluding hydrogens is 342 g/mol. The van der Waals surface area contributed by atoms with E-state index in [4.69, 9.17) is 9.15 Å². The molecule has 0 spiro atoms. The van der Waals surface area contributed by atoms with Crippen molar-refractivity contribution in [2.75, 3.05) is 18.1 Å². The normalized spacial score (nSPS) is 13.5. The minimum absolute atomic E-state index is 0.0468. The minimum atomic E-state index is -0.639. The molecule has 0 fully saturated rings. The van der Waals surface area contributed by atoms with Crippen LogP contribution in [0.15, 0.2) is 51.7 Å². The van der Waals surface area contributed by atoms with Gasteiger partial charge in [0.15, 0.2) is 11.3 Å². The highest BCUT2D eigenvalue weighted by atomic mass is 16.5. The van der Waals surface area contributed by atoms with Gasteiger partial charge in [0.25, 0.3) is 5.91 Å². The van der Waals surface area contributed by atoms with Crippen LogP contribution in [-0.2, 0) is 6.42 Å². The molecule has 0 N–H and O–H groups in total. The van der Waals surface area contributed by atoms with Gasteiger partial charge >= 0.3 is 5.63 Å². The number of carbonyl (C=O) groups is 1. The Morgan fingerprint density at radius 1 is 1.22 bits per heavy atom. The average molecular weight is 363 g/mol. The summed E-state index contributed by atoms with van der Waals surface area (Å²) in [6.45, 7) is 4.97. The summed E-state index contributed by atoms with van der Waals surface area (Å²) in [7, 11) is 0. The lowest BCUT2D eigenvalue weighted by Crippen LogP contribution is -2.38. The third-order valence-corrected chi connectivity index (χ3v) is 4.98. The highest BCUT2D eigenvalue weighted by molar-refractivity contribution is 6.08. The second-order valence-electron chi connectivity index (χ2n) is 6.69. The lowest BCUT2D eigenvalue weighted by atomic mass is 9.96. The monoisotopic (exact) mass is 363 g/mol. The third-order valence-electron chi connectivity index (χ3n) is 4.98. The summed E-state index contributed by atoms with van der Waals surface area (Å²) < 4.78 is 11.0. The molecule has 0 saturated heterocycles. The lowest BCUT2D eigenvalue weighted by molar-refractivity contribution is 0.0981. The Balaban J connectivity index is 1.80. The zero-order valence-electron chi connectivity index (χ0n) is 15.5. The maximum absolute atomic E-state index is 13.2. The van der Waals surface area contributed by atoms with Crippen LogP contribution >= 0.6 is 0 Å². The largest absolute Gasteiger partial charge is 0.490 e. The fourth-order valence-electron chi connectivity index (χ4n) is 3.69. The molecule has 3 aromatic rings. The molecular formula is C22H21NO4. The van der Waals surface area contributed by atoms with Gasteiger partial charge in [-0.15, -0.1) is 0 Å². The van der Waals surface area contributed by atoms with Gasteiger partial charge in [0.2, 0.25) is 0 Å². The second-order valence-corrected chi connectivity index (χ2v) is 6.69. The summed E-state index contributed by atoms with van der Waals surface area (Å²) in [6, 6.07) is 12.9. The maximum atomic E-state index is 13.2. The van der Waals surface area contributed by atoms with E-state index in [0.29, 0.717) is 29.9 Å². The van der Waals surface area contributed by atoms with E-state index < -0.39 is 5.63 Å². The summed E-state index contributed by atoms with van der Waals surface area (Å²) in [4.78, 5) is 27.5. The number of anilines is 1. The van der Waals surface area contributed by atoms with Crippen molar-refractivity contribution in [3.63, 3.8) is 0 Å². The first-order valence-electron chi connectivity index (χ1n) is 9.20. The quantitative estimate of drug-likeness (QED) is 0.658. The lowest BCUT2D eigenvalue weighted by Gasteiger charge is -2.30. The SMILES string of the molecule is CCOc1cccc2cc(C(=O)N3CCCc4c(C)cccc43)c(=O)oc12. The van der Waals surface area contributed by atoms with E-state index in [9.17, 15) is 9.59 Å². The number of carbonyl (C=O) groups excluding carboxylic acids is 1. The Bertz CT molecular complexity index is 1080. The van der Waals surface area contributed by atoms with Gasteiger partial charge in [-0.05, 0) is 56.0 Å². The van der Waals surface area contributed by atoms with Gasteiger partial charge in [0.1, 0.15) is 5.56 Å². The van der Waals surface area contributed by atoms with E-state index in [1.807, 2.05) is 44.2 Å². The van der Waals surface area contributed by atoms with Gasteiger partial charge in [-0.25, -0.2) is 4.79 Å². The van der Waals surface area contributed by atoms with Crippen LogP contribution in [0.1, 0.15) is 34.8 Å². The van der Waals surface area contributed by atoms with Gasteiger partial charge in [-0.1, -0.05) is 24.3 Å². The first kappa shape index (κ1) is 17.3. The number of para-hydroxylation sites is 1. The van der Waals surface area contributed by atoms with Gasteiger partial charge in [-0.2, -0.15) is 0 Å². The fraction of sp³-hybridized carbons (Fsp3) is 0.273. The van der Waals surface area contributed by atoms with E-state index in [1.165, 1.54) is 5.56 Å². The van der Waals surface area contributed by atoms with Crippen LogP contribution in [0.25, 0.3) is 11.0 Å². The molecule has 1 aromatic heterocycles. The zero-order chi connectivity index (χ0) is 19.0. The number of amides is 1. The molecule has 0 radical (unpaired) electrons. The Labute approximate surface area is 157 Å². The molecule has 5 nitrogen and oxygen atoms in total. The molecule has 2 aromatic carbocycles. The van der Waals surface area contributed by atoms with Crippen LogP contribution in [-0.4, -0.2) is 19.1 Å². The minimum Gasteiger partial charge on any atom is -0.490 e. The highest BCUT2D eigenvalue weighted by Gasteiger charge is 2.27. The molecule has 5 heteroatoms. The predicted octanol–water partition coefficient (Wildman–Crippen LogP) is 4.09. The van der Waals surface area contributed by atoms with Crippen molar-refractivity contribution >= 4 is 22.6 Å². The van der Waals surface area contributed by atoms with Crippen LogP contribution in [0.3, 0.4) is 0 Å². The molecule has 1 amide bonds. The molecule has 0 aliphatic carbocycles. The Morgan fingerprint density at radius 2 is 2.04 bits per heavy atom. The number of fused-ring (bicyclic) bond motifs is 2. The summed E-state index contributed by atoms with van der Waals surface area (Å²) in [6.07, 6.45) is 1.81. The first-order chi connectivity index (χ1) is 13.1. The number of rotatable bonds is 3. The van der Waals surface area contributed by atoms with Crippen LogP contribution in [0.5, 0.6) is 5.75 Å². The summed E-state index contributed by atoms with van der Waals surface area (Å²) in [5, 5.41) is 0.672. The van der Waals surface area contributed by atoms with Crippen molar-refractivity contribution in [2.24, 2.45) is 0 Å². The standard InChI is InChI=1S/C22H21NO4/c1-3-26-19-11-5-8-15-13-17(22(25)27-20(15)19)21(24)23-12-6-9-16-14(2)7-4-10-18(16)23/h4-5,7-8,10-11,13H,3,6,9,12H2,1-2H3. The van der Waals surface area contributed by atoms with E-state index in [-0.39, 0.29) is 11.5 Å². The molecule has 27 heavy (non-hydrogen) atoms. The number of aryl methyl sites for hydroxylation is 1. The van der Waals surface area contributed by atoms with Crippen LogP contribution in [0.2, 0.25) is 0 Å². The van der Waals surface area contributed by atoms with Crippen molar-refractivity contribution in [3.05, 3.63) is 69.6 Å². The summed E-state index contributed by atoms with van der Waals surface area (Å²) >= 11 is 0. The number of benzene rings is 2. The molecule has 0 saturated carbocycles. The first-order valence-corrected chi connectivity index (χ1v) is 9.20. The third kappa shape index (κ3) is 2.99. The Morgan fingerprint density at radius 3 is 2.85 bits per heavy atom. The molecule has 0 atom stereocenters. The van der Waals surface area contributed by atoms with Crippen LogP contribution in [0, 0.1) is 6.92 Å². The number of hydrogen-bond donors (Lipinski definition) is 0. The van der Waals surface area contributed by atoms with Crippen molar-refractivity contribution in [1.82, 2.24) is 0 Å². The molecule has 4 rings (SSSR count). The van der Waals surface area contributed by atoms with Gasteiger partial charge in [-0.3, -0.25) is 4.79 Å². The Hall–Kier alpha value is -3.08.